The van der Waals surface area contributed by atoms with Crippen LogP contribution in [-0.4, -0.2) is 55.6 Å². The highest BCUT2D eigenvalue weighted by Crippen LogP contribution is 2.36. The van der Waals surface area contributed by atoms with E-state index in [1.54, 1.807) is 18.7 Å². The number of imidazole rings is 1. The molecule has 4 aliphatic rings. The molecule has 1 N–H and O–H groups in total. The van der Waals surface area contributed by atoms with Gasteiger partial charge in [0.15, 0.2) is 11.2 Å². The molecule has 144 valence electrons. The second-order valence-electron chi connectivity index (χ2n) is 8.23. The van der Waals surface area contributed by atoms with E-state index in [0.717, 1.165) is 25.9 Å². The van der Waals surface area contributed by atoms with Crippen LogP contribution >= 0.6 is 0 Å². The van der Waals surface area contributed by atoms with Crippen LogP contribution in [0.15, 0.2) is 9.59 Å². The number of hydrogen-bond donors (Lipinski definition) is 1. The van der Waals surface area contributed by atoms with Gasteiger partial charge >= 0.3 is 5.69 Å². The van der Waals surface area contributed by atoms with E-state index in [1.165, 1.54) is 17.4 Å². The van der Waals surface area contributed by atoms with E-state index in [2.05, 4.69) is 19.8 Å². The maximum absolute atomic E-state index is 12.9. The van der Waals surface area contributed by atoms with Crippen LogP contribution in [0.4, 0.5) is 5.95 Å². The van der Waals surface area contributed by atoms with E-state index in [9.17, 15) is 14.4 Å². The van der Waals surface area contributed by atoms with Gasteiger partial charge in [0.25, 0.3) is 5.56 Å². The lowest BCUT2D eigenvalue weighted by Gasteiger charge is -2.36. The molecule has 0 radical (unpaired) electrons. The lowest BCUT2D eigenvalue weighted by Crippen LogP contribution is -2.48. The quantitative estimate of drug-likeness (QED) is 0.805. The van der Waals surface area contributed by atoms with Gasteiger partial charge in [0.1, 0.15) is 0 Å². The summed E-state index contributed by atoms with van der Waals surface area (Å²) in [5.74, 6) is 1.56. The lowest BCUT2D eigenvalue weighted by atomic mass is 9.94. The van der Waals surface area contributed by atoms with Crippen molar-refractivity contribution < 1.29 is 4.79 Å². The Kier molecular flexibility index (Phi) is 3.50. The number of aryl methyl sites for hydroxylation is 2. The Bertz CT molecular complexity index is 1050. The molecule has 2 bridgehead atoms. The maximum atomic E-state index is 12.9. The number of fused-ring (bicyclic) bond motifs is 5. The number of nitrogens with zero attached hydrogens (tertiary/aromatic N) is 5. The maximum Gasteiger partial charge on any atom is 0.329 e. The first-order valence-corrected chi connectivity index (χ1v) is 9.65. The first-order chi connectivity index (χ1) is 12.9. The van der Waals surface area contributed by atoms with Gasteiger partial charge in [-0.05, 0) is 31.6 Å². The van der Waals surface area contributed by atoms with Gasteiger partial charge in [-0.3, -0.25) is 19.1 Å². The SMILES string of the molecule is Cn1c(N2C[C@@H]3CC[C@H](C2)N(CC2CC2)C3=O)nc2c1c(=O)[nH]c(=O)n2C. The summed E-state index contributed by atoms with van der Waals surface area (Å²) in [5.41, 5.74) is -0.152. The molecule has 27 heavy (non-hydrogen) atoms. The number of piperidine rings is 1. The first-order valence-electron chi connectivity index (χ1n) is 9.65. The Morgan fingerprint density at radius 3 is 2.56 bits per heavy atom. The zero-order valence-corrected chi connectivity index (χ0v) is 15.6. The van der Waals surface area contributed by atoms with Crippen LogP contribution in [0.3, 0.4) is 0 Å². The number of hydrogen-bond acceptors (Lipinski definition) is 5. The molecule has 1 aliphatic carbocycles. The van der Waals surface area contributed by atoms with Gasteiger partial charge in [0, 0.05) is 39.8 Å². The van der Waals surface area contributed by atoms with Crippen LogP contribution in [-0.2, 0) is 18.9 Å². The van der Waals surface area contributed by atoms with Crippen molar-refractivity contribution in [2.75, 3.05) is 24.5 Å². The van der Waals surface area contributed by atoms with E-state index >= 15 is 0 Å². The number of aromatic amines is 1. The van der Waals surface area contributed by atoms with Crippen molar-refractivity contribution >= 4 is 23.0 Å². The molecule has 4 fully saturated rings. The minimum Gasteiger partial charge on any atom is -0.339 e. The number of carbonyl (C=O) groups excluding carboxylic acids is 1. The summed E-state index contributed by atoms with van der Waals surface area (Å²) < 4.78 is 3.10. The second kappa shape index (κ2) is 5.71. The fourth-order valence-electron chi connectivity index (χ4n) is 4.60. The fourth-order valence-corrected chi connectivity index (χ4v) is 4.60. The summed E-state index contributed by atoms with van der Waals surface area (Å²) in [7, 11) is 3.39. The Morgan fingerprint density at radius 2 is 1.81 bits per heavy atom. The van der Waals surface area contributed by atoms with Crippen LogP contribution in [0, 0.1) is 11.8 Å². The average molecular weight is 372 g/mol. The molecule has 9 nitrogen and oxygen atoms in total. The van der Waals surface area contributed by atoms with E-state index in [4.69, 9.17) is 0 Å². The van der Waals surface area contributed by atoms with E-state index in [1.807, 2.05) is 0 Å². The third kappa shape index (κ3) is 2.51. The molecule has 2 aromatic rings. The summed E-state index contributed by atoms with van der Waals surface area (Å²) in [4.78, 5) is 48.3. The molecular weight excluding hydrogens is 348 g/mol. The largest absolute Gasteiger partial charge is 0.339 e. The van der Waals surface area contributed by atoms with E-state index in [0.29, 0.717) is 29.6 Å². The fraction of sp³-hybridized carbons (Fsp3) is 0.667. The molecular formula is C18H24N6O3. The number of aromatic nitrogens is 4. The third-order valence-corrected chi connectivity index (χ3v) is 6.34. The highest BCUT2D eigenvalue weighted by Gasteiger charge is 2.43. The zero-order chi connectivity index (χ0) is 18.9. The number of anilines is 1. The molecule has 0 spiro atoms. The van der Waals surface area contributed by atoms with Crippen LogP contribution in [0.2, 0.25) is 0 Å². The third-order valence-electron chi connectivity index (χ3n) is 6.34. The van der Waals surface area contributed by atoms with Gasteiger partial charge in [-0.1, -0.05) is 0 Å². The molecule has 2 atom stereocenters. The van der Waals surface area contributed by atoms with Crippen molar-refractivity contribution in [1.82, 2.24) is 24.0 Å². The summed E-state index contributed by atoms with van der Waals surface area (Å²) in [6, 6.07) is 0.193. The Labute approximate surface area is 155 Å². The molecule has 3 saturated heterocycles. The van der Waals surface area contributed by atoms with Gasteiger partial charge < -0.3 is 14.4 Å². The predicted octanol–water partition coefficient (Wildman–Crippen LogP) is -0.202. The van der Waals surface area contributed by atoms with Crippen LogP contribution in [0.25, 0.3) is 11.2 Å². The van der Waals surface area contributed by atoms with Crippen LogP contribution in [0.5, 0.6) is 0 Å². The second-order valence-corrected chi connectivity index (χ2v) is 8.23. The molecule has 1 amide bonds. The van der Waals surface area contributed by atoms with Crippen molar-refractivity contribution in [3.63, 3.8) is 0 Å². The van der Waals surface area contributed by atoms with Gasteiger partial charge in [0.05, 0.1) is 5.92 Å². The molecule has 6 rings (SSSR count). The standard InChI is InChI=1S/C18H24N6O3/c1-21-13-14(22(2)18(27)20-15(13)25)19-17(21)23-8-11-5-6-12(9-23)24(16(11)26)7-10-3-4-10/h10-12H,3-9H2,1-2H3,(H,20,25,27)/t11-,12+/m0/s1. The topological polar surface area (TPSA) is 96.2 Å². The van der Waals surface area contributed by atoms with Crippen LogP contribution in [0.1, 0.15) is 25.7 Å². The Morgan fingerprint density at radius 1 is 1.04 bits per heavy atom. The Hall–Kier alpha value is -2.58. The van der Waals surface area contributed by atoms with E-state index < -0.39 is 11.2 Å². The summed E-state index contributed by atoms with van der Waals surface area (Å²) in [6.45, 7) is 2.21. The number of H-pyrrole nitrogens is 1. The molecule has 0 unspecified atom stereocenters. The molecule has 0 aromatic carbocycles. The van der Waals surface area contributed by atoms with Crippen LogP contribution < -0.4 is 16.1 Å². The van der Waals surface area contributed by atoms with Crippen molar-refractivity contribution in [3.8, 4) is 0 Å². The number of carbonyl (C=O) groups is 1. The minimum atomic E-state index is -0.473. The zero-order valence-electron chi connectivity index (χ0n) is 15.6. The van der Waals surface area contributed by atoms with E-state index in [-0.39, 0.29) is 17.9 Å². The van der Waals surface area contributed by atoms with Crippen molar-refractivity contribution in [1.29, 1.82) is 0 Å². The average Bonchev–Trinajstić information content (AvgIpc) is 3.42. The molecule has 9 heteroatoms. The minimum absolute atomic E-state index is 0.0237. The molecule has 2 aromatic heterocycles. The lowest BCUT2D eigenvalue weighted by molar-refractivity contribution is -0.140. The summed E-state index contributed by atoms with van der Waals surface area (Å²) in [6.07, 6.45) is 4.38. The van der Waals surface area contributed by atoms with Crippen molar-refractivity contribution in [2.45, 2.75) is 31.7 Å². The summed E-state index contributed by atoms with van der Waals surface area (Å²) >= 11 is 0. The molecule has 5 heterocycles. The van der Waals surface area contributed by atoms with Gasteiger partial charge in [-0.2, -0.15) is 4.98 Å². The highest BCUT2D eigenvalue weighted by molar-refractivity contribution is 5.82. The normalized spacial score (nSPS) is 25.5. The molecule has 3 aliphatic heterocycles. The Balaban J connectivity index is 1.55. The monoisotopic (exact) mass is 372 g/mol. The van der Waals surface area contributed by atoms with Crippen molar-refractivity contribution in [2.24, 2.45) is 25.9 Å². The number of rotatable bonds is 3. The number of nitrogens with one attached hydrogen (secondary N) is 1. The number of amides is 1. The predicted molar refractivity (Wildman–Crippen MR) is 99.7 cm³/mol. The van der Waals surface area contributed by atoms with Gasteiger partial charge in [0.2, 0.25) is 11.9 Å². The first kappa shape index (κ1) is 16.6. The molecule has 1 saturated carbocycles. The summed E-state index contributed by atoms with van der Waals surface area (Å²) in [5, 5.41) is 0. The van der Waals surface area contributed by atoms with Gasteiger partial charge in [-0.15, -0.1) is 0 Å². The smallest absolute Gasteiger partial charge is 0.329 e. The van der Waals surface area contributed by atoms with Gasteiger partial charge in [-0.25, -0.2) is 4.79 Å². The van der Waals surface area contributed by atoms with Crippen molar-refractivity contribution in [3.05, 3.63) is 20.8 Å². The highest BCUT2D eigenvalue weighted by atomic mass is 16.2.